The largest absolute Gasteiger partial charge is 0.467 e. The fraction of sp³-hybridized carbons (Fsp3) is 0.167. The first-order valence-corrected chi connectivity index (χ1v) is 10.2. The van der Waals surface area contributed by atoms with Gasteiger partial charge in [0, 0.05) is 22.6 Å². The number of nitrogens with zero attached hydrogens (tertiary/aromatic N) is 2. The van der Waals surface area contributed by atoms with Crippen molar-refractivity contribution in [2.75, 3.05) is 4.90 Å². The number of imide groups is 1. The van der Waals surface area contributed by atoms with Gasteiger partial charge in [0.2, 0.25) is 0 Å². The van der Waals surface area contributed by atoms with Crippen molar-refractivity contribution in [1.82, 2.24) is 4.90 Å². The number of benzene rings is 3. The van der Waals surface area contributed by atoms with Crippen LogP contribution in [0.1, 0.15) is 35.3 Å². The smallest absolute Gasteiger partial charge is 0.335 e. The van der Waals surface area contributed by atoms with Gasteiger partial charge >= 0.3 is 6.03 Å². The molecule has 2 aliphatic rings. The average Bonchev–Trinajstić information content (AvgIpc) is 2.75. The fourth-order valence-corrected chi connectivity index (χ4v) is 4.48. The molecule has 5 rings (SSSR count). The highest BCUT2D eigenvalue weighted by Crippen LogP contribution is 2.49. The molecule has 2 heterocycles. The predicted octanol–water partition coefficient (Wildman–Crippen LogP) is 5.80. The zero-order chi connectivity index (χ0) is 21.8. The van der Waals surface area contributed by atoms with Crippen molar-refractivity contribution in [3.05, 3.63) is 94.8 Å². The third kappa shape index (κ3) is 3.06. The van der Waals surface area contributed by atoms with Crippen LogP contribution in [0.3, 0.4) is 0 Å². The molecule has 0 radical (unpaired) electrons. The normalized spacial score (nSPS) is 22.0. The Morgan fingerprint density at radius 3 is 2.48 bits per heavy atom. The van der Waals surface area contributed by atoms with Crippen molar-refractivity contribution in [2.45, 2.75) is 25.1 Å². The molecule has 0 unspecified atom stereocenters. The lowest BCUT2D eigenvalue weighted by Crippen LogP contribution is -2.67. The van der Waals surface area contributed by atoms with Crippen LogP contribution in [0, 0.1) is 5.82 Å². The quantitative estimate of drug-likeness (QED) is 0.510. The number of halogens is 2. The van der Waals surface area contributed by atoms with Crippen LogP contribution in [0.4, 0.5) is 14.9 Å². The minimum absolute atomic E-state index is 0.0572. The highest BCUT2D eigenvalue weighted by molar-refractivity contribution is 6.30. The molecule has 2 atom stereocenters. The Hall–Kier alpha value is -3.38. The molecular weight excluding hydrogens is 419 g/mol. The zero-order valence-corrected chi connectivity index (χ0v) is 17.3. The molecule has 1 saturated heterocycles. The molecule has 31 heavy (non-hydrogen) atoms. The van der Waals surface area contributed by atoms with Gasteiger partial charge in [-0.25, -0.2) is 9.18 Å². The Balaban J connectivity index is 1.68. The minimum Gasteiger partial charge on any atom is -0.467 e. The summed E-state index contributed by atoms with van der Waals surface area (Å²) >= 11 is 5.96. The summed E-state index contributed by atoms with van der Waals surface area (Å²) in [5, 5.41) is 0.485. The summed E-state index contributed by atoms with van der Waals surface area (Å²) < 4.78 is 21.0. The molecule has 7 heteroatoms. The molecule has 156 valence electrons. The van der Waals surface area contributed by atoms with Crippen LogP contribution < -0.4 is 9.64 Å². The second-order valence-corrected chi connectivity index (χ2v) is 8.22. The molecule has 5 nitrogen and oxygen atoms in total. The number of carbonyl (C=O) groups excluding carboxylic acids is 2. The Kier molecular flexibility index (Phi) is 4.48. The van der Waals surface area contributed by atoms with Crippen LogP contribution in [0.15, 0.2) is 72.8 Å². The third-order valence-electron chi connectivity index (χ3n) is 5.77. The maximum absolute atomic E-state index is 14.8. The van der Waals surface area contributed by atoms with E-state index in [-0.39, 0.29) is 5.69 Å². The van der Waals surface area contributed by atoms with Crippen molar-refractivity contribution in [1.29, 1.82) is 0 Å². The van der Waals surface area contributed by atoms with Gasteiger partial charge in [0.15, 0.2) is 5.72 Å². The number of hydrogen-bond acceptors (Lipinski definition) is 3. The number of para-hydroxylation sites is 2. The number of hydrogen-bond donors (Lipinski definition) is 0. The lowest BCUT2D eigenvalue weighted by molar-refractivity contribution is 0.00227. The summed E-state index contributed by atoms with van der Waals surface area (Å²) in [6.45, 7) is 1.74. The average molecular weight is 437 g/mol. The van der Waals surface area contributed by atoms with Gasteiger partial charge in [0.25, 0.3) is 5.91 Å². The van der Waals surface area contributed by atoms with Crippen LogP contribution in [0.5, 0.6) is 5.75 Å². The van der Waals surface area contributed by atoms with E-state index in [9.17, 15) is 14.0 Å². The summed E-state index contributed by atoms with van der Waals surface area (Å²) in [6.07, 6.45) is 0.295. The van der Waals surface area contributed by atoms with Gasteiger partial charge in [-0.05, 0) is 49.4 Å². The zero-order valence-electron chi connectivity index (χ0n) is 16.6. The molecule has 3 aromatic rings. The van der Waals surface area contributed by atoms with Gasteiger partial charge in [-0.2, -0.15) is 0 Å². The first-order chi connectivity index (χ1) is 14.9. The second-order valence-electron chi connectivity index (χ2n) is 7.79. The molecule has 0 aromatic heterocycles. The summed E-state index contributed by atoms with van der Waals surface area (Å²) in [5.74, 6) is -0.493. The van der Waals surface area contributed by atoms with Crippen LogP contribution in [-0.2, 0) is 0 Å². The van der Waals surface area contributed by atoms with E-state index in [0.29, 0.717) is 22.8 Å². The van der Waals surface area contributed by atoms with Crippen molar-refractivity contribution >= 4 is 29.2 Å². The molecule has 0 spiro atoms. The molecule has 2 bridgehead atoms. The van der Waals surface area contributed by atoms with E-state index >= 15 is 0 Å². The standard InChI is InChI=1S/C24H18ClFN2O3/c1-24-14-20(17-6-2-5-9-21(17)31-24)27(22(29)15-10-12-16(25)13-11-15)23(30)28(24)19-8-4-3-7-18(19)26/h2-13,20H,14H2,1H3/t20-,24-/m0/s1. The van der Waals surface area contributed by atoms with E-state index in [1.165, 1.54) is 21.9 Å². The molecule has 2 aliphatic heterocycles. The van der Waals surface area contributed by atoms with Gasteiger partial charge in [0.1, 0.15) is 11.6 Å². The first kappa shape index (κ1) is 19.6. The molecular formula is C24H18ClFN2O3. The third-order valence-corrected chi connectivity index (χ3v) is 6.02. The van der Waals surface area contributed by atoms with Crippen LogP contribution in [-0.4, -0.2) is 22.6 Å². The summed E-state index contributed by atoms with van der Waals surface area (Å²) in [6, 6.07) is 18.4. The van der Waals surface area contributed by atoms with Crippen LogP contribution in [0.2, 0.25) is 5.02 Å². The molecule has 0 N–H and O–H groups in total. The molecule has 3 amide bonds. The van der Waals surface area contributed by atoms with Gasteiger partial charge < -0.3 is 4.74 Å². The van der Waals surface area contributed by atoms with E-state index in [1.807, 2.05) is 18.2 Å². The Labute approximate surface area is 183 Å². The maximum Gasteiger partial charge on any atom is 0.335 e. The molecule has 1 fully saturated rings. The van der Waals surface area contributed by atoms with E-state index in [2.05, 4.69) is 0 Å². The number of urea groups is 1. The summed E-state index contributed by atoms with van der Waals surface area (Å²) in [7, 11) is 0. The molecule has 3 aromatic carbocycles. The van der Waals surface area contributed by atoms with Gasteiger partial charge in [-0.1, -0.05) is 41.9 Å². The van der Waals surface area contributed by atoms with Crippen LogP contribution >= 0.6 is 11.6 Å². The first-order valence-electron chi connectivity index (χ1n) is 9.85. The van der Waals surface area contributed by atoms with E-state index in [4.69, 9.17) is 16.3 Å². The van der Waals surface area contributed by atoms with Crippen molar-refractivity contribution in [2.24, 2.45) is 0 Å². The molecule has 0 aliphatic carbocycles. The van der Waals surface area contributed by atoms with Crippen molar-refractivity contribution in [3.8, 4) is 5.75 Å². The van der Waals surface area contributed by atoms with Crippen molar-refractivity contribution in [3.63, 3.8) is 0 Å². The highest BCUT2D eigenvalue weighted by Gasteiger charge is 2.55. The fourth-order valence-electron chi connectivity index (χ4n) is 4.36. The number of rotatable bonds is 2. The van der Waals surface area contributed by atoms with Crippen molar-refractivity contribution < 1.29 is 18.7 Å². The lowest BCUT2D eigenvalue weighted by Gasteiger charge is -2.53. The minimum atomic E-state index is -1.16. The second kappa shape index (κ2) is 7.10. The monoisotopic (exact) mass is 436 g/mol. The number of ether oxygens (including phenoxy) is 1. The number of anilines is 1. The SMILES string of the molecule is C[C@@]12C[C@@H](c3ccccc3O1)N(C(=O)c1ccc(Cl)cc1)C(=O)N2c1ccccc1F. The number of carbonyl (C=O) groups is 2. The van der Waals surface area contributed by atoms with Gasteiger partial charge in [0.05, 0.1) is 11.7 Å². The van der Waals surface area contributed by atoms with E-state index in [1.54, 1.807) is 49.4 Å². The number of fused-ring (bicyclic) bond motifs is 4. The molecule has 0 saturated carbocycles. The van der Waals surface area contributed by atoms with Gasteiger partial charge in [-0.3, -0.25) is 14.6 Å². The highest BCUT2D eigenvalue weighted by atomic mass is 35.5. The maximum atomic E-state index is 14.8. The summed E-state index contributed by atoms with van der Waals surface area (Å²) in [5.41, 5.74) is -0.0425. The summed E-state index contributed by atoms with van der Waals surface area (Å²) in [4.78, 5) is 29.7. The topological polar surface area (TPSA) is 49.9 Å². The van der Waals surface area contributed by atoms with Crippen LogP contribution in [0.25, 0.3) is 0 Å². The predicted molar refractivity (Wildman–Crippen MR) is 115 cm³/mol. The number of amides is 3. The van der Waals surface area contributed by atoms with E-state index < -0.39 is 29.5 Å². The van der Waals surface area contributed by atoms with E-state index in [0.717, 1.165) is 5.56 Å². The Morgan fingerprint density at radius 2 is 1.74 bits per heavy atom. The lowest BCUT2D eigenvalue weighted by atomic mass is 9.88. The van der Waals surface area contributed by atoms with Gasteiger partial charge in [-0.15, -0.1) is 0 Å². The Bertz CT molecular complexity index is 1200. The Morgan fingerprint density at radius 1 is 1.06 bits per heavy atom.